The molecule has 34 heavy (non-hydrogen) atoms. The number of benzene rings is 1. The Labute approximate surface area is 202 Å². The largest absolute Gasteiger partial charge is 0.393 e. The number of hydrogen-bond acceptors (Lipinski definition) is 7. The Balaban J connectivity index is 2.63. The standard InChI is InChI=1S/C22H26FN5O4S2/c1-12(2)15-7-14(9-24)20(23)19(13(3)4)16(15)8-17(30)27-34(32,28-25-6)18-10-26-21(33-18)22(5,31)11-29/h7,10,12-13,29,31H,8,11H2,1-5H3,(H,27,28,30,32)/t22-,34?/m1/s1. The van der Waals surface area contributed by atoms with Gasteiger partial charge in [0.1, 0.15) is 26.7 Å². The molecule has 1 heterocycles. The molecule has 1 aromatic heterocycles. The molecule has 0 aliphatic rings. The first-order valence-electron chi connectivity index (χ1n) is 10.3. The van der Waals surface area contributed by atoms with Gasteiger partial charge < -0.3 is 10.2 Å². The summed E-state index contributed by atoms with van der Waals surface area (Å²) in [5.41, 5.74) is -0.631. The topological polar surface area (TPSA) is 140 Å². The molecule has 1 unspecified atom stereocenters. The third-order valence-corrected chi connectivity index (χ3v) is 8.44. The molecule has 0 saturated carbocycles. The molecule has 12 heteroatoms. The van der Waals surface area contributed by atoms with E-state index >= 15 is 4.39 Å². The molecule has 0 radical (unpaired) electrons. The van der Waals surface area contributed by atoms with E-state index in [1.807, 2.05) is 24.7 Å². The number of aliphatic hydroxyl groups excluding tert-OH is 1. The van der Waals surface area contributed by atoms with Crippen LogP contribution in [0, 0.1) is 23.7 Å². The van der Waals surface area contributed by atoms with E-state index in [2.05, 4.69) is 14.3 Å². The Morgan fingerprint density at radius 1 is 1.44 bits per heavy atom. The van der Waals surface area contributed by atoms with Crippen molar-refractivity contribution in [3.63, 3.8) is 0 Å². The van der Waals surface area contributed by atoms with Gasteiger partial charge in [0.15, 0.2) is 0 Å². The van der Waals surface area contributed by atoms with Crippen molar-refractivity contribution < 1.29 is 23.6 Å². The minimum absolute atomic E-state index is 0.0329. The zero-order valence-electron chi connectivity index (χ0n) is 19.4. The molecule has 0 aliphatic heterocycles. The van der Waals surface area contributed by atoms with Crippen LogP contribution in [0.3, 0.4) is 0 Å². The molecule has 3 N–H and O–H groups in total. The summed E-state index contributed by atoms with van der Waals surface area (Å²) >= 11 is 0.739. The normalized spacial score (nSPS) is 14.7. The van der Waals surface area contributed by atoms with Crippen LogP contribution in [0.25, 0.3) is 4.95 Å². The number of halogens is 1. The molecular formula is C22H26FN5O4S2. The third-order valence-electron chi connectivity index (χ3n) is 5.02. The van der Waals surface area contributed by atoms with E-state index in [-0.39, 0.29) is 38.6 Å². The first-order valence-corrected chi connectivity index (χ1v) is 12.6. The highest BCUT2D eigenvalue weighted by atomic mass is 32.2. The zero-order chi connectivity index (χ0) is 25.8. The van der Waals surface area contributed by atoms with Crippen molar-refractivity contribution in [2.45, 2.75) is 62.7 Å². The van der Waals surface area contributed by atoms with E-state index in [4.69, 9.17) is 6.57 Å². The summed E-state index contributed by atoms with van der Waals surface area (Å²) in [6.07, 6.45) is 0.724. The number of amides is 1. The van der Waals surface area contributed by atoms with Gasteiger partial charge in [-0.1, -0.05) is 27.7 Å². The van der Waals surface area contributed by atoms with Crippen LogP contribution in [0.1, 0.15) is 73.7 Å². The number of rotatable bonds is 8. The molecule has 182 valence electrons. The van der Waals surface area contributed by atoms with Gasteiger partial charge in [-0.05, 0) is 46.3 Å². The number of nitrogens with one attached hydrogen (secondary N) is 1. The van der Waals surface area contributed by atoms with Crippen molar-refractivity contribution >= 4 is 27.2 Å². The molecule has 0 bridgehead atoms. The maximum Gasteiger partial charge on any atom is 0.260 e. The second-order valence-electron chi connectivity index (χ2n) is 8.45. The van der Waals surface area contributed by atoms with Crippen LogP contribution in [0.15, 0.2) is 20.8 Å². The minimum atomic E-state index is -3.79. The molecular weight excluding hydrogens is 481 g/mol. The highest BCUT2D eigenvalue weighted by Crippen LogP contribution is 2.33. The lowest BCUT2D eigenvalue weighted by Gasteiger charge is -2.20. The molecule has 1 aromatic carbocycles. The van der Waals surface area contributed by atoms with Gasteiger partial charge in [-0.3, -0.25) is 4.79 Å². The summed E-state index contributed by atoms with van der Waals surface area (Å²) in [5.74, 6) is -2.05. The summed E-state index contributed by atoms with van der Waals surface area (Å²) in [7, 11) is -3.79. The average molecular weight is 508 g/mol. The van der Waals surface area contributed by atoms with E-state index in [1.54, 1.807) is 13.8 Å². The first kappa shape index (κ1) is 27.3. The molecule has 0 aliphatic carbocycles. The summed E-state index contributed by atoms with van der Waals surface area (Å²) in [4.78, 5) is 21.8. The molecule has 0 spiro atoms. The van der Waals surface area contributed by atoms with E-state index < -0.39 is 33.8 Å². The van der Waals surface area contributed by atoms with Crippen molar-refractivity contribution in [3.05, 3.63) is 56.9 Å². The van der Waals surface area contributed by atoms with E-state index in [0.29, 0.717) is 11.1 Å². The monoisotopic (exact) mass is 507 g/mol. The van der Waals surface area contributed by atoms with Crippen LogP contribution in [-0.4, -0.2) is 31.9 Å². The number of hydrogen-bond donors (Lipinski definition) is 3. The molecule has 2 aromatic rings. The smallest absolute Gasteiger partial charge is 0.260 e. The van der Waals surface area contributed by atoms with Gasteiger partial charge in [-0.15, -0.1) is 15.7 Å². The predicted octanol–water partition coefficient (Wildman–Crippen LogP) is 3.54. The average Bonchev–Trinajstić information content (AvgIpc) is 3.25. The number of carbonyl (C=O) groups is 1. The van der Waals surface area contributed by atoms with Crippen molar-refractivity contribution in [1.29, 1.82) is 5.26 Å². The number of aromatic nitrogens is 1. The zero-order valence-corrected chi connectivity index (χ0v) is 21.1. The molecule has 0 fully saturated rings. The first-order chi connectivity index (χ1) is 15.8. The van der Waals surface area contributed by atoms with Gasteiger partial charge in [0, 0.05) is 0 Å². The minimum Gasteiger partial charge on any atom is -0.393 e. The molecule has 1 amide bonds. The highest BCUT2D eigenvalue weighted by molar-refractivity contribution is 7.94. The Kier molecular flexibility index (Phi) is 8.50. The van der Waals surface area contributed by atoms with Crippen molar-refractivity contribution in [2.24, 2.45) is 4.36 Å². The summed E-state index contributed by atoms with van der Waals surface area (Å²) in [5, 5.41) is 28.9. The molecule has 2 atom stereocenters. The molecule has 2 rings (SSSR count). The van der Waals surface area contributed by atoms with E-state index in [9.17, 15) is 24.5 Å². The van der Waals surface area contributed by atoms with E-state index in [1.165, 1.54) is 13.0 Å². The Bertz CT molecular complexity index is 1300. The second-order valence-corrected chi connectivity index (χ2v) is 11.6. The number of thiazole rings is 1. The lowest BCUT2D eigenvalue weighted by Crippen LogP contribution is -2.25. The Morgan fingerprint density at radius 2 is 2.09 bits per heavy atom. The van der Waals surface area contributed by atoms with E-state index in [0.717, 1.165) is 17.5 Å². The van der Waals surface area contributed by atoms with Crippen molar-refractivity contribution in [2.75, 3.05) is 6.61 Å². The maximum atomic E-state index is 15.0. The molecule has 9 nitrogen and oxygen atoms in total. The Morgan fingerprint density at radius 3 is 2.59 bits per heavy atom. The number of nitriles is 1. The van der Waals surface area contributed by atoms with Gasteiger partial charge >= 0.3 is 0 Å². The lowest BCUT2D eigenvalue weighted by atomic mass is 9.85. The fraction of sp³-hybridized carbons (Fsp3) is 0.455. The maximum absolute atomic E-state index is 15.0. The predicted molar refractivity (Wildman–Crippen MR) is 125 cm³/mol. The summed E-state index contributed by atoms with van der Waals surface area (Å²) in [6, 6.07) is 3.26. The number of carbonyl (C=O) groups excluding carboxylic acids is 1. The second kappa shape index (κ2) is 10.6. The van der Waals surface area contributed by atoms with Crippen LogP contribution in [0.5, 0.6) is 0 Å². The third kappa shape index (κ3) is 5.59. The van der Waals surface area contributed by atoms with Gasteiger partial charge in [0.25, 0.3) is 5.91 Å². The van der Waals surface area contributed by atoms with Crippen molar-refractivity contribution in [3.8, 4) is 6.07 Å². The van der Waals surface area contributed by atoms with Crippen LogP contribution >= 0.6 is 11.3 Å². The van der Waals surface area contributed by atoms with Gasteiger partial charge in [-0.25, -0.2) is 13.6 Å². The number of aliphatic hydroxyl groups is 2. The fourth-order valence-corrected chi connectivity index (χ4v) is 5.83. The summed E-state index contributed by atoms with van der Waals surface area (Å²) in [6.45, 7) is 14.9. The van der Waals surface area contributed by atoms with Crippen LogP contribution in [0.2, 0.25) is 0 Å². The van der Waals surface area contributed by atoms with Crippen LogP contribution < -0.4 is 4.83 Å². The Hall–Kier alpha value is -2.90. The number of nitrogens with zero attached hydrogens (tertiary/aromatic N) is 4. The highest BCUT2D eigenvalue weighted by Gasteiger charge is 2.30. The quantitative estimate of drug-likeness (QED) is 0.369. The fourth-order valence-electron chi connectivity index (χ4n) is 3.34. The molecule has 0 saturated heterocycles. The summed E-state index contributed by atoms with van der Waals surface area (Å²) < 4.78 is 32.1. The van der Waals surface area contributed by atoms with Crippen molar-refractivity contribution in [1.82, 2.24) is 9.82 Å². The SMILES string of the molecule is [C-]#[N+]NS(=O)(=NC(=O)Cc1c(C(C)C)cc(C#N)c(F)c1C(C)C)c1cnc([C@](C)(O)CO)s1. The lowest BCUT2D eigenvalue weighted by molar-refractivity contribution is -0.117. The van der Waals surface area contributed by atoms with Crippen LogP contribution in [0.4, 0.5) is 4.39 Å². The van der Waals surface area contributed by atoms with Crippen LogP contribution in [-0.2, 0) is 26.7 Å². The van der Waals surface area contributed by atoms with Gasteiger partial charge in [-0.2, -0.15) is 16.8 Å². The van der Waals surface area contributed by atoms with Gasteiger partial charge in [0.05, 0.1) is 24.8 Å². The van der Waals surface area contributed by atoms with Gasteiger partial charge in [0.2, 0.25) is 9.92 Å².